The number of likely N-dealkylation sites (tertiary alicyclic amines) is 1. The van der Waals surface area contributed by atoms with Crippen LogP contribution in [0.5, 0.6) is 0 Å². The van der Waals surface area contributed by atoms with Crippen molar-refractivity contribution in [3.8, 4) is 0 Å². The van der Waals surface area contributed by atoms with Crippen LogP contribution in [0.15, 0.2) is 4.99 Å². The second-order valence-corrected chi connectivity index (χ2v) is 7.00. The average molecular weight is 437 g/mol. The van der Waals surface area contributed by atoms with Gasteiger partial charge in [-0.25, -0.2) is 0 Å². The van der Waals surface area contributed by atoms with Gasteiger partial charge in [0.05, 0.1) is 0 Å². The molecule has 0 unspecified atom stereocenters. The van der Waals surface area contributed by atoms with E-state index in [0.717, 1.165) is 31.5 Å². The van der Waals surface area contributed by atoms with Crippen molar-refractivity contribution in [3.05, 3.63) is 0 Å². The van der Waals surface area contributed by atoms with Crippen LogP contribution in [0.2, 0.25) is 0 Å². The molecular weight excluding hydrogens is 401 g/mol. The molecule has 0 aromatic carbocycles. The molecule has 0 bridgehead atoms. The molecule has 0 atom stereocenters. The summed E-state index contributed by atoms with van der Waals surface area (Å²) >= 11 is 0. The smallest absolute Gasteiger partial charge is 0.193 e. The van der Waals surface area contributed by atoms with Crippen LogP contribution in [0.3, 0.4) is 0 Å². The van der Waals surface area contributed by atoms with E-state index in [9.17, 15) is 0 Å². The van der Waals surface area contributed by atoms with Gasteiger partial charge in [-0.3, -0.25) is 4.99 Å². The molecule has 2 aliphatic rings. The molecule has 2 rings (SSSR count). The van der Waals surface area contributed by atoms with Crippen LogP contribution in [-0.2, 0) is 0 Å². The van der Waals surface area contributed by atoms with E-state index < -0.39 is 0 Å². The van der Waals surface area contributed by atoms with Crippen LogP contribution >= 0.6 is 24.0 Å². The van der Waals surface area contributed by atoms with Crippen molar-refractivity contribution in [2.45, 2.75) is 32.6 Å². The van der Waals surface area contributed by atoms with E-state index in [1.54, 1.807) is 0 Å². The molecule has 2 aliphatic heterocycles. The molecule has 5 nitrogen and oxygen atoms in total. The maximum absolute atomic E-state index is 4.46. The maximum atomic E-state index is 4.46. The van der Waals surface area contributed by atoms with Gasteiger partial charge in [-0.1, -0.05) is 6.92 Å². The van der Waals surface area contributed by atoms with E-state index in [0.29, 0.717) is 0 Å². The number of hydrogen-bond acceptors (Lipinski definition) is 3. The minimum atomic E-state index is 0. The molecule has 2 saturated heterocycles. The first kappa shape index (κ1) is 21.0. The number of aliphatic imine (C=N–C) groups is 1. The SMILES string of the molecule is CN=C(NCCCN1CCCN(C)CC1)N1CCC(C)CC1.I. The molecule has 136 valence electrons. The van der Waals surface area contributed by atoms with E-state index in [2.05, 4.69) is 39.0 Å². The molecule has 1 N–H and O–H groups in total. The number of nitrogens with one attached hydrogen (secondary N) is 1. The van der Waals surface area contributed by atoms with E-state index >= 15 is 0 Å². The Kier molecular flexibility index (Phi) is 10.5. The Labute approximate surface area is 159 Å². The first-order chi connectivity index (χ1) is 10.7. The molecule has 0 aromatic heterocycles. The van der Waals surface area contributed by atoms with E-state index in [1.165, 1.54) is 58.4 Å². The highest BCUT2D eigenvalue weighted by molar-refractivity contribution is 14.0. The highest BCUT2D eigenvalue weighted by Crippen LogP contribution is 2.15. The molecule has 0 amide bonds. The van der Waals surface area contributed by atoms with Gasteiger partial charge in [-0.15, -0.1) is 24.0 Å². The predicted molar refractivity (Wildman–Crippen MR) is 110 cm³/mol. The van der Waals surface area contributed by atoms with Crippen molar-refractivity contribution >= 4 is 29.9 Å². The number of hydrogen-bond donors (Lipinski definition) is 1. The fourth-order valence-corrected chi connectivity index (χ4v) is 3.38. The van der Waals surface area contributed by atoms with E-state index in [1.807, 2.05) is 7.05 Å². The molecular formula is C17H36IN5. The Morgan fingerprint density at radius 3 is 2.52 bits per heavy atom. The quantitative estimate of drug-likeness (QED) is 0.316. The molecule has 0 radical (unpaired) electrons. The fraction of sp³-hybridized carbons (Fsp3) is 0.941. The Hall–Kier alpha value is -0.0800. The van der Waals surface area contributed by atoms with E-state index in [4.69, 9.17) is 0 Å². The van der Waals surface area contributed by atoms with Crippen molar-refractivity contribution in [1.82, 2.24) is 20.0 Å². The van der Waals surface area contributed by atoms with Crippen molar-refractivity contribution in [2.75, 3.05) is 66.5 Å². The zero-order valence-corrected chi connectivity index (χ0v) is 17.6. The zero-order chi connectivity index (χ0) is 15.8. The van der Waals surface area contributed by atoms with Crippen LogP contribution in [0.25, 0.3) is 0 Å². The number of guanidine groups is 1. The van der Waals surface area contributed by atoms with E-state index in [-0.39, 0.29) is 24.0 Å². The number of halogens is 1. The summed E-state index contributed by atoms with van der Waals surface area (Å²) in [6.45, 7) is 11.8. The number of piperidine rings is 1. The van der Waals surface area contributed by atoms with Gasteiger partial charge in [0.25, 0.3) is 0 Å². The molecule has 23 heavy (non-hydrogen) atoms. The van der Waals surface area contributed by atoms with Crippen LogP contribution in [0, 0.1) is 5.92 Å². The Morgan fingerprint density at radius 1 is 1.09 bits per heavy atom. The van der Waals surface area contributed by atoms with Crippen LogP contribution < -0.4 is 5.32 Å². The lowest BCUT2D eigenvalue weighted by molar-refractivity contribution is 0.266. The minimum absolute atomic E-state index is 0. The molecule has 0 aliphatic carbocycles. The van der Waals surface area contributed by atoms with Gasteiger partial charge in [-0.2, -0.15) is 0 Å². The molecule has 6 heteroatoms. The second kappa shape index (κ2) is 11.5. The first-order valence-corrected chi connectivity index (χ1v) is 9.05. The highest BCUT2D eigenvalue weighted by Gasteiger charge is 2.18. The van der Waals surface area contributed by atoms with Crippen molar-refractivity contribution < 1.29 is 0 Å². The monoisotopic (exact) mass is 437 g/mol. The highest BCUT2D eigenvalue weighted by atomic mass is 127. The molecule has 0 aromatic rings. The lowest BCUT2D eigenvalue weighted by Gasteiger charge is -2.33. The summed E-state index contributed by atoms with van der Waals surface area (Å²) < 4.78 is 0. The third-order valence-electron chi connectivity index (χ3n) is 5.04. The minimum Gasteiger partial charge on any atom is -0.356 e. The summed E-state index contributed by atoms with van der Waals surface area (Å²) in [5, 5.41) is 3.56. The summed E-state index contributed by atoms with van der Waals surface area (Å²) in [7, 11) is 4.14. The van der Waals surface area contributed by atoms with Crippen molar-refractivity contribution in [1.29, 1.82) is 0 Å². The van der Waals surface area contributed by atoms with Gasteiger partial charge in [0.1, 0.15) is 0 Å². The topological polar surface area (TPSA) is 34.1 Å². The van der Waals surface area contributed by atoms with Gasteiger partial charge in [0.15, 0.2) is 5.96 Å². The second-order valence-electron chi connectivity index (χ2n) is 7.00. The van der Waals surface area contributed by atoms with Crippen molar-refractivity contribution in [3.63, 3.8) is 0 Å². The predicted octanol–water partition coefficient (Wildman–Crippen LogP) is 1.94. The maximum Gasteiger partial charge on any atom is 0.193 e. The number of likely N-dealkylation sites (N-methyl/N-ethyl adjacent to an activating group) is 1. The average Bonchev–Trinajstić information content (AvgIpc) is 2.73. The summed E-state index contributed by atoms with van der Waals surface area (Å²) in [5.41, 5.74) is 0. The van der Waals surface area contributed by atoms with Gasteiger partial charge < -0.3 is 20.0 Å². The van der Waals surface area contributed by atoms with Gasteiger partial charge in [-0.05, 0) is 58.3 Å². The lowest BCUT2D eigenvalue weighted by Crippen LogP contribution is -2.46. The molecule has 0 spiro atoms. The Balaban J connectivity index is 0.00000264. The summed E-state index contributed by atoms with van der Waals surface area (Å²) in [5.74, 6) is 1.97. The normalized spacial score (nSPS) is 22.6. The third-order valence-corrected chi connectivity index (χ3v) is 5.04. The van der Waals surface area contributed by atoms with Crippen LogP contribution in [-0.4, -0.2) is 87.1 Å². The summed E-state index contributed by atoms with van der Waals surface area (Å²) in [4.78, 5) is 11.9. The molecule has 2 heterocycles. The lowest BCUT2D eigenvalue weighted by atomic mass is 10.00. The van der Waals surface area contributed by atoms with Gasteiger partial charge in [0, 0.05) is 39.8 Å². The summed E-state index contributed by atoms with van der Waals surface area (Å²) in [6, 6.07) is 0. The van der Waals surface area contributed by atoms with Crippen molar-refractivity contribution in [2.24, 2.45) is 10.9 Å². The van der Waals surface area contributed by atoms with Gasteiger partial charge >= 0.3 is 0 Å². The standard InChI is InChI=1S/C17H35N5.HI/c1-16-6-12-22(13-7-16)17(18-2)19-8-4-10-21-11-5-9-20(3)14-15-21;/h16H,4-15H2,1-3H3,(H,18,19);1H. The summed E-state index contributed by atoms with van der Waals surface area (Å²) in [6.07, 6.45) is 5.09. The fourth-order valence-electron chi connectivity index (χ4n) is 3.38. The van der Waals surface area contributed by atoms with Gasteiger partial charge in [0.2, 0.25) is 0 Å². The largest absolute Gasteiger partial charge is 0.356 e. The Morgan fingerprint density at radius 2 is 1.83 bits per heavy atom. The van der Waals surface area contributed by atoms with Crippen LogP contribution in [0.4, 0.5) is 0 Å². The molecule has 0 saturated carbocycles. The zero-order valence-electron chi connectivity index (χ0n) is 15.3. The third kappa shape index (κ3) is 7.56. The number of nitrogens with zero attached hydrogens (tertiary/aromatic N) is 4. The van der Waals surface area contributed by atoms with Crippen LogP contribution in [0.1, 0.15) is 32.6 Å². The number of rotatable bonds is 4. The Bertz CT molecular complexity index is 342. The molecule has 2 fully saturated rings. The first-order valence-electron chi connectivity index (χ1n) is 9.05.